The number of carbonyl (C=O) groups excluding carboxylic acids is 2. The Kier molecular flexibility index (Phi) is 5.19. The summed E-state index contributed by atoms with van der Waals surface area (Å²) in [4.78, 5) is 22.9. The number of rotatable bonds is 4. The normalized spacial score (nSPS) is 10.1. The summed E-state index contributed by atoms with van der Waals surface area (Å²) in [7, 11) is 0. The summed E-state index contributed by atoms with van der Waals surface area (Å²) in [5.74, 6) is -3.11. The van der Waals surface area contributed by atoms with E-state index in [0.29, 0.717) is 11.1 Å². The molecule has 0 amide bonds. The number of esters is 2. The second-order valence-corrected chi connectivity index (χ2v) is 4.41. The Labute approximate surface area is 125 Å². The number of benzene rings is 2. The Morgan fingerprint density at radius 1 is 0.682 bits per heavy atom. The largest absolute Gasteiger partial charge is 0.452 e. The summed E-state index contributed by atoms with van der Waals surface area (Å²) in [6.45, 7) is -0.324. The minimum Gasteiger partial charge on any atom is -0.452 e. The lowest BCUT2D eigenvalue weighted by molar-refractivity contribution is -0.169. The van der Waals surface area contributed by atoms with E-state index >= 15 is 0 Å². The van der Waals surface area contributed by atoms with Gasteiger partial charge in [-0.2, -0.15) is 0 Å². The average molecular weight is 306 g/mol. The van der Waals surface area contributed by atoms with Crippen molar-refractivity contribution < 1.29 is 27.8 Å². The third-order valence-electron chi connectivity index (χ3n) is 2.73. The monoisotopic (exact) mass is 306 g/mol. The molecule has 2 aromatic carbocycles. The molecule has 0 N–H and O–H groups in total. The van der Waals surface area contributed by atoms with Crippen LogP contribution >= 0.6 is 0 Å². The molecule has 0 saturated heterocycles. The van der Waals surface area contributed by atoms with Gasteiger partial charge in [0, 0.05) is 0 Å². The van der Waals surface area contributed by atoms with Gasteiger partial charge >= 0.3 is 11.9 Å². The smallest absolute Gasteiger partial charge is 0.417 e. The first-order valence-electron chi connectivity index (χ1n) is 6.37. The van der Waals surface area contributed by atoms with Crippen LogP contribution in [0.3, 0.4) is 0 Å². The molecule has 22 heavy (non-hydrogen) atoms. The first-order chi connectivity index (χ1) is 10.5. The van der Waals surface area contributed by atoms with Gasteiger partial charge in [-0.3, -0.25) is 0 Å². The lowest BCUT2D eigenvalue weighted by Gasteiger charge is -2.06. The molecule has 2 rings (SSSR count). The summed E-state index contributed by atoms with van der Waals surface area (Å²) in [5.41, 5.74) is 1.09. The molecular formula is C16H12F2O4. The zero-order valence-corrected chi connectivity index (χ0v) is 11.4. The summed E-state index contributed by atoms with van der Waals surface area (Å²) in [5, 5.41) is 0. The zero-order valence-electron chi connectivity index (χ0n) is 11.4. The van der Waals surface area contributed by atoms with Crippen molar-refractivity contribution in [2.45, 2.75) is 13.2 Å². The SMILES string of the molecule is O=C(OCc1ccc(F)cc1)C(=O)OCc1ccc(F)cc1. The van der Waals surface area contributed by atoms with Crippen molar-refractivity contribution in [3.8, 4) is 0 Å². The fraction of sp³-hybridized carbons (Fsp3) is 0.125. The van der Waals surface area contributed by atoms with Crippen LogP contribution in [0.4, 0.5) is 8.78 Å². The fourth-order valence-corrected chi connectivity index (χ4v) is 1.58. The van der Waals surface area contributed by atoms with Crippen LogP contribution < -0.4 is 0 Å². The first kappa shape index (κ1) is 15.6. The molecule has 0 spiro atoms. The van der Waals surface area contributed by atoms with Crippen LogP contribution in [0.15, 0.2) is 48.5 Å². The molecule has 0 bridgehead atoms. The highest BCUT2D eigenvalue weighted by molar-refractivity contribution is 6.29. The third kappa shape index (κ3) is 4.66. The topological polar surface area (TPSA) is 52.6 Å². The van der Waals surface area contributed by atoms with Gasteiger partial charge in [0.2, 0.25) is 0 Å². The van der Waals surface area contributed by atoms with Crippen molar-refractivity contribution >= 4 is 11.9 Å². The zero-order chi connectivity index (χ0) is 15.9. The second kappa shape index (κ2) is 7.31. The minimum atomic E-state index is -1.15. The van der Waals surface area contributed by atoms with Crippen LogP contribution in [-0.2, 0) is 32.3 Å². The molecule has 0 aliphatic heterocycles. The van der Waals surface area contributed by atoms with Crippen LogP contribution in [-0.4, -0.2) is 11.9 Å². The first-order valence-corrected chi connectivity index (χ1v) is 6.37. The predicted octanol–water partition coefficient (Wildman–Crippen LogP) is 2.75. The lowest BCUT2D eigenvalue weighted by Crippen LogP contribution is -2.20. The van der Waals surface area contributed by atoms with E-state index in [4.69, 9.17) is 9.47 Å². The summed E-state index contributed by atoms with van der Waals surface area (Å²) >= 11 is 0. The minimum absolute atomic E-state index is 0.162. The summed E-state index contributed by atoms with van der Waals surface area (Å²) in [6.07, 6.45) is 0. The molecule has 4 nitrogen and oxygen atoms in total. The number of hydrogen-bond acceptors (Lipinski definition) is 4. The number of halogens is 2. The van der Waals surface area contributed by atoms with Gasteiger partial charge in [0.05, 0.1) is 0 Å². The molecule has 6 heteroatoms. The number of ether oxygens (including phenoxy) is 2. The van der Waals surface area contributed by atoms with Crippen LogP contribution in [0.1, 0.15) is 11.1 Å². The maximum Gasteiger partial charge on any atom is 0.417 e. The van der Waals surface area contributed by atoms with E-state index in [1.807, 2.05) is 0 Å². The molecule has 0 atom stereocenters. The van der Waals surface area contributed by atoms with Gasteiger partial charge in [-0.05, 0) is 35.4 Å². The van der Waals surface area contributed by atoms with Crippen molar-refractivity contribution in [2.24, 2.45) is 0 Å². The van der Waals surface area contributed by atoms with Crippen LogP contribution in [0.5, 0.6) is 0 Å². The molecule has 0 heterocycles. The Morgan fingerprint density at radius 2 is 1.00 bits per heavy atom. The predicted molar refractivity (Wildman–Crippen MR) is 72.4 cm³/mol. The van der Waals surface area contributed by atoms with E-state index in [1.165, 1.54) is 48.5 Å². The molecule has 2 aromatic rings. The van der Waals surface area contributed by atoms with Gasteiger partial charge in [-0.1, -0.05) is 24.3 Å². The quantitative estimate of drug-likeness (QED) is 0.644. The average Bonchev–Trinajstić information content (AvgIpc) is 2.53. The standard InChI is InChI=1S/C16H12F2O4/c17-13-5-1-11(2-6-13)9-21-15(19)16(20)22-10-12-3-7-14(18)8-4-12/h1-8H,9-10H2. The third-order valence-corrected chi connectivity index (χ3v) is 2.73. The van der Waals surface area contributed by atoms with E-state index in [2.05, 4.69) is 0 Å². The summed E-state index contributed by atoms with van der Waals surface area (Å²) in [6, 6.07) is 10.6. The van der Waals surface area contributed by atoms with E-state index in [9.17, 15) is 18.4 Å². The van der Waals surface area contributed by atoms with Gasteiger partial charge < -0.3 is 9.47 Å². The van der Waals surface area contributed by atoms with Gasteiger partial charge in [0.25, 0.3) is 0 Å². The van der Waals surface area contributed by atoms with Crippen molar-refractivity contribution in [3.63, 3.8) is 0 Å². The molecule has 0 aromatic heterocycles. The number of carbonyl (C=O) groups is 2. The van der Waals surface area contributed by atoms with E-state index < -0.39 is 23.6 Å². The maximum atomic E-state index is 12.7. The van der Waals surface area contributed by atoms with Gasteiger partial charge in [-0.15, -0.1) is 0 Å². The van der Waals surface area contributed by atoms with Crippen molar-refractivity contribution in [2.75, 3.05) is 0 Å². The van der Waals surface area contributed by atoms with E-state index in [-0.39, 0.29) is 13.2 Å². The van der Waals surface area contributed by atoms with E-state index in [0.717, 1.165) is 0 Å². The molecule has 0 unspecified atom stereocenters. The molecule has 0 radical (unpaired) electrons. The van der Waals surface area contributed by atoms with Gasteiger partial charge in [0.1, 0.15) is 24.8 Å². The fourth-order valence-electron chi connectivity index (χ4n) is 1.58. The van der Waals surface area contributed by atoms with Gasteiger partial charge in [-0.25, -0.2) is 18.4 Å². The maximum absolute atomic E-state index is 12.7. The van der Waals surface area contributed by atoms with Crippen LogP contribution in [0.25, 0.3) is 0 Å². The van der Waals surface area contributed by atoms with Crippen molar-refractivity contribution in [1.29, 1.82) is 0 Å². The van der Waals surface area contributed by atoms with Crippen LogP contribution in [0, 0.1) is 11.6 Å². The highest BCUT2D eigenvalue weighted by atomic mass is 19.1. The molecule has 114 valence electrons. The lowest BCUT2D eigenvalue weighted by atomic mass is 10.2. The number of hydrogen-bond donors (Lipinski definition) is 0. The Balaban J connectivity index is 1.78. The second-order valence-electron chi connectivity index (χ2n) is 4.41. The molecule has 0 saturated carbocycles. The highest BCUT2D eigenvalue weighted by Gasteiger charge is 2.17. The Hall–Kier alpha value is -2.76. The van der Waals surface area contributed by atoms with Crippen LogP contribution in [0.2, 0.25) is 0 Å². The van der Waals surface area contributed by atoms with E-state index in [1.54, 1.807) is 0 Å². The molecule has 0 aliphatic rings. The van der Waals surface area contributed by atoms with Gasteiger partial charge in [0.15, 0.2) is 0 Å². The Morgan fingerprint density at radius 3 is 1.32 bits per heavy atom. The van der Waals surface area contributed by atoms with Crippen molar-refractivity contribution in [1.82, 2.24) is 0 Å². The molecule has 0 fully saturated rings. The molecular weight excluding hydrogens is 294 g/mol. The summed E-state index contributed by atoms with van der Waals surface area (Å²) < 4.78 is 34.9. The Bertz CT molecular complexity index is 591. The molecule has 0 aliphatic carbocycles. The van der Waals surface area contributed by atoms with Crippen molar-refractivity contribution in [3.05, 3.63) is 71.3 Å². The highest BCUT2D eigenvalue weighted by Crippen LogP contribution is 2.06.